The minimum absolute atomic E-state index is 0.177. The van der Waals surface area contributed by atoms with Crippen LogP contribution in [0.25, 0.3) is 0 Å². The Hall–Kier alpha value is -4.83. The number of quaternary nitrogens is 1. The smallest absolute Gasteiger partial charge is 0.361 e. The van der Waals surface area contributed by atoms with E-state index in [1.54, 1.807) is 0 Å². The van der Waals surface area contributed by atoms with Gasteiger partial charge in [-0.15, -0.1) is 0 Å². The van der Waals surface area contributed by atoms with Crippen molar-refractivity contribution < 1.29 is 42.9 Å². The molecule has 0 radical (unpaired) electrons. The van der Waals surface area contributed by atoms with Crippen molar-refractivity contribution in [1.29, 1.82) is 0 Å². The molecule has 0 amide bonds. The van der Waals surface area contributed by atoms with E-state index in [2.05, 4.69) is 160 Å². The van der Waals surface area contributed by atoms with Crippen LogP contribution in [0.5, 0.6) is 0 Å². The van der Waals surface area contributed by atoms with Gasteiger partial charge in [-0.1, -0.05) is 250 Å². The molecule has 0 bridgehead atoms. The predicted molar refractivity (Wildman–Crippen MR) is 345 cm³/mol. The Kier molecular flexibility index (Phi) is 57.6. The van der Waals surface area contributed by atoms with Crippen LogP contribution in [0, 0.1) is 0 Å². The van der Waals surface area contributed by atoms with Crippen molar-refractivity contribution in [2.24, 2.45) is 0 Å². The fraction of sp³-hybridized carbons (Fsp3) is 0.625. The lowest BCUT2D eigenvalue weighted by atomic mass is 10.0. The number of hydrogen-bond acceptors (Lipinski definition) is 7. The summed E-state index contributed by atoms with van der Waals surface area (Å²) in [5.41, 5.74) is 0. The van der Waals surface area contributed by atoms with Crippen molar-refractivity contribution in [1.82, 2.24) is 0 Å². The number of ether oxygens (including phenoxy) is 4. The Morgan fingerprint density at radius 1 is 0.370 bits per heavy atom. The van der Waals surface area contributed by atoms with Gasteiger partial charge in [0.05, 0.1) is 34.4 Å². The summed E-state index contributed by atoms with van der Waals surface area (Å²) in [7, 11) is 5.96. The SMILES string of the molecule is CC/C=C\C/C=C\C/C=C\C/C=C\C/C=C\C/C=C\C/C=C\CCCCCCCCCCCCCC(=O)OC(COC(=O)CCCCCCCCC/C=C\C/C=C\C/C=C\C/C=C\C/C=C\CC)COC(OCC[N+](C)(C)C)C(=O)O. The van der Waals surface area contributed by atoms with E-state index in [0.717, 1.165) is 135 Å². The second-order valence-corrected chi connectivity index (χ2v) is 22.0. The fourth-order valence-corrected chi connectivity index (χ4v) is 8.26. The molecule has 458 valence electrons. The first kappa shape index (κ1) is 76.2. The maximum atomic E-state index is 12.9. The van der Waals surface area contributed by atoms with Gasteiger partial charge < -0.3 is 28.5 Å². The van der Waals surface area contributed by atoms with Crippen LogP contribution in [0.15, 0.2) is 146 Å². The van der Waals surface area contributed by atoms with Gasteiger partial charge in [0.2, 0.25) is 0 Å². The average Bonchev–Trinajstić information content (AvgIpc) is 3.44. The molecule has 0 aliphatic carbocycles. The molecule has 1 N–H and O–H groups in total. The molecule has 0 fully saturated rings. The molecule has 2 unspecified atom stereocenters. The third-order valence-corrected chi connectivity index (χ3v) is 13.1. The fourth-order valence-electron chi connectivity index (χ4n) is 8.26. The lowest BCUT2D eigenvalue weighted by molar-refractivity contribution is -0.870. The Balaban J connectivity index is 4.24. The van der Waals surface area contributed by atoms with Crippen LogP contribution in [-0.2, 0) is 33.3 Å². The van der Waals surface area contributed by atoms with Crippen LogP contribution < -0.4 is 0 Å². The minimum atomic E-state index is -1.52. The number of likely N-dealkylation sites (N-methyl/N-ethyl adjacent to an activating group) is 1. The predicted octanol–water partition coefficient (Wildman–Crippen LogP) is 19.6. The lowest BCUT2D eigenvalue weighted by Crippen LogP contribution is -2.40. The zero-order valence-corrected chi connectivity index (χ0v) is 52.1. The summed E-state index contributed by atoms with van der Waals surface area (Å²) >= 11 is 0. The number of esters is 2. The third-order valence-electron chi connectivity index (χ3n) is 13.1. The summed E-state index contributed by atoms with van der Waals surface area (Å²) in [6, 6.07) is 0. The summed E-state index contributed by atoms with van der Waals surface area (Å²) in [6.07, 6.45) is 86.4. The van der Waals surface area contributed by atoms with Gasteiger partial charge in [0.15, 0.2) is 6.10 Å². The zero-order valence-electron chi connectivity index (χ0n) is 52.1. The Morgan fingerprint density at radius 3 is 0.988 bits per heavy atom. The van der Waals surface area contributed by atoms with E-state index in [1.807, 2.05) is 21.1 Å². The molecule has 9 nitrogen and oxygen atoms in total. The number of carbonyl (C=O) groups is 3. The summed E-state index contributed by atoms with van der Waals surface area (Å²) < 4.78 is 22.9. The van der Waals surface area contributed by atoms with E-state index in [4.69, 9.17) is 18.9 Å². The number of unbranched alkanes of at least 4 members (excludes halogenated alkanes) is 18. The maximum absolute atomic E-state index is 12.9. The van der Waals surface area contributed by atoms with Crippen molar-refractivity contribution >= 4 is 17.9 Å². The van der Waals surface area contributed by atoms with Crippen LogP contribution >= 0.6 is 0 Å². The summed E-state index contributed by atoms with van der Waals surface area (Å²) in [6.45, 7) is 4.62. The Morgan fingerprint density at radius 2 is 0.667 bits per heavy atom. The van der Waals surface area contributed by atoms with Gasteiger partial charge in [-0.3, -0.25) is 9.59 Å². The number of carboxylic acids is 1. The van der Waals surface area contributed by atoms with Crippen molar-refractivity contribution in [3.63, 3.8) is 0 Å². The van der Waals surface area contributed by atoms with Gasteiger partial charge in [0.25, 0.3) is 6.29 Å². The number of aliphatic carboxylic acids is 1. The molecule has 0 aliphatic heterocycles. The van der Waals surface area contributed by atoms with Crippen molar-refractivity contribution in [2.75, 3.05) is 47.5 Å². The van der Waals surface area contributed by atoms with E-state index in [1.165, 1.54) is 64.2 Å². The molecule has 0 aromatic heterocycles. The van der Waals surface area contributed by atoms with Gasteiger partial charge >= 0.3 is 17.9 Å². The minimum Gasteiger partial charge on any atom is -0.477 e. The van der Waals surface area contributed by atoms with Crippen molar-refractivity contribution in [3.8, 4) is 0 Å². The van der Waals surface area contributed by atoms with Crippen LogP contribution in [0.4, 0.5) is 0 Å². The summed E-state index contributed by atoms with van der Waals surface area (Å²) in [5.74, 6) is -2.04. The van der Waals surface area contributed by atoms with E-state index in [-0.39, 0.29) is 38.6 Å². The molecule has 0 spiro atoms. The molecule has 0 aliphatic rings. The van der Waals surface area contributed by atoms with E-state index >= 15 is 0 Å². The van der Waals surface area contributed by atoms with Crippen LogP contribution in [0.1, 0.15) is 232 Å². The largest absolute Gasteiger partial charge is 0.477 e. The standard InChI is InChI=1S/C72H117NO8/c1-6-8-10-12-14-16-18-20-22-24-26-28-30-31-32-33-34-35-36-37-38-39-41-43-45-47-49-51-53-55-57-59-61-63-70(75)81-68(67-80-72(71(76)77)78-65-64-73(3,4)5)66-79-69(74)62-60-58-56-54-52-50-48-46-44-42-40-29-27-25-23-21-19-17-15-13-11-9-7-2/h8-11,14-17,20-23,26-29,31-32,34-35,37-38,42,44,68,72H,6-7,12-13,18-19,24-25,30,33,36,39-41,43,45-67H2,1-5H3/p+1/b10-8-,11-9-,16-14-,17-15-,22-20-,23-21-,28-26-,29-27-,32-31-,35-34-,38-37-,44-42-. The number of carbonyl (C=O) groups excluding carboxylic acids is 2. The summed E-state index contributed by atoms with van der Waals surface area (Å²) in [4.78, 5) is 37.5. The topological polar surface area (TPSA) is 108 Å². The molecule has 0 aromatic carbocycles. The average molecular weight is 1130 g/mol. The molecule has 0 saturated carbocycles. The maximum Gasteiger partial charge on any atom is 0.361 e. The molecule has 0 aromatic rings. The quantitative estimate of drug-likeness (QED) is 0.0211. The lowest BCUT2D eigenvalue weighted by Gasteiger charge is -2.25. The number of allylic oxidation sites excluding steroid dienone is 24. The molecular formula is C72H118NO8+. The zero-order chi connectivity index (χ0) is 59.1. The number of hydrogen-bond donors (Lipinski definition) is 1. The van der Waals surface area contributed by atoms with Gasteiger partial charge in [0.1, 0.15) is 13.2 Å². The highest BCUT2D eigenvalue weighted by atomic mass is 16.7. The second kappa shape index (κ2) is 61.2. The molecule has 0 heterocycles. The highest BCUT2D eigenvalue weighted by molar-refractivity contribution is 5.71. The van der Waals surface area contributed by atoms with Gasteiger partial charge in [-0.05, 0) is 116 Å². The molecule has 2 atom stereocenters. The van der Waals surface area contributed by atoms with Crippen molar-refractivity contribution in [2.45, 2.75) is 245 Å². The van der Waals surface area contributed by atoms with Crippen LogP contribution in [0.2, 0.25) is 0 Å². The van der Waals surface area contributed by atoms with E-state index in [0.29, 0.717) is 17.4 Å². The van der Waals surface area contributed by atoms with Gasteiger partial charge in [-0.2, -0.15) is 0 Å². The summed E-state index contributed by atoms with van der Waals surface area (Å²) in [5, 5.41) is 9.73. The normalized spacial score (nSPS) is 13.7. The second-order valence-electron chi connectivity index (χ2n) is 22.0. The highest BCUT2D eigenvalue weighted by Gasteiger charge is 2.25. The van der Waals surface area contributed by atoms with Crippen LogP contribution in [0.3, 0.4) is 0 Å². The molecule has 81 heavy (non-hydrogen) atoms. The molecule has 9 heteroatoms. The van der Waals surface area contributed by atoms with Gasteiger partial charge in [0, 0.05) is 12.8 Å². The number of nitrogens with zero attached hydrogens (tertiary/aromatic N) is 1. The molecular weight excluding hydrogens is 1010 g/mol. The first-order chi connectivity index (χ1) is 39.6. The number of rotatable bonds is 57. The van der Waals surface area contributed by atoms with E-state index < -0.39 is 24.3 Å². The third kappa shape index (κ3) is 62.6. The first-order valence-corrected chi connectivity index (χ1v) is 32.0. The number of carboxylic acid groups (broad SMARTS) is 1. The van der Waals surface area contributed by atoms with Crippen molar-refractivity contribution in [3.05, 3.63) is 146 Å². The Bertz CT molecular complexity index is 1840. The highest BCUT2D eigenvalue weighted by Crippen LogP contribution is 2.15. The van der Waals surface area contributed by atoms with E-state index in [9.17, 15) is 19.5 Å². The van der Waals surface area contributed by atoms with Gasteiger partial charge in [-0.25, -0.2) is 4.79 Å². The molecule has 0 rings (SSSR count). The van der Waals surface area contributed by atoms with Crippen LogP contribution in [-0.4, -0.2) is 87.4 Å². The monoisotopic (exact) mass is 1120 g/mol. The Labute approximate surface area is 496 Å². The first-order valence-electron chi connectivity index (χ1n) is 32.0. The molecule has 0 saturated heterocycles.